The Labute approximate surface area is 91.5 Å². The Morgan fingerprint density at radius 1 is 1.25 bits per heavy atom. The highest BCUT2D eigenvalue weighted by Crippen LogP contribution is 2.23. The standard InChI is InChI=1S/C11H9NO4/c13-10-8-3-1-2-4-9(8)11(14)12(10)16-6-7-5-15-7/h1-4,7H,5-6H2. The number of amides is 2. The Balaban J connectivity index is 1.82. The van der Waals surface area contributed by atoms with Crippen LogP contribution in [0.1, 0.15) is 20.7 Å². The molecule has 1 atom stereocenters. The molecule has 2 heterocycles. The molecule has 2 amide bonds. The number of ether oxygens (including phenoxy) is 1. The van der Waals surface area contributed by atoms with E-state index in [4.69, 9.17) is 9.57 Å². The lowest BCUT2D eigenvalue weighted by Gasteiger charge is -2.11. The summed E-state index contributed by atoms with van der Waals surface area (Å²) in [5, 5.41) is 0.812. The molecule has 1 aromatic carbocycles. The number of fused-ring (bicyclic) bond motifs is 1. The van der Waals surface area contributed by atoms with Gasteiger partial charge in [-0.3, -0.25) is 14.4 Å². The van der Waals surface area contributed by atoms with Gasteiger partial charge in [0.2, 0.25) is 0 Å². The van der Waals surface area contributed by atoms with Crippen molar-refractivity contribution in [2.24, 2.45) is 0 Å². The van der Waals surface area contributed by atoms with Gasteiger partial charge in [0.1, 0.15) is 12.7 Å². The molecule has 0 bridgehead atoms. The van der Waals surface area contributed by atoms with Crippen molar-refractivity contribution in [3.63, 3.8) is 0 Å². The highest BCUT2D eigenvalue weighted by Gasteiger charge is 2.37. The minimum absolute atomic E-state index is 0.0179. The van der Waals surface area contributed by atoms with Crippen molar-refractivity contribution in [1.82, 2.24) is 5.06 Å². The number of hydroxylamine groups is 2. The lowest BCUT2D eigenvalue weighted by Crippen LogP contribution is -2.31. The number of hydrogen-bond donors (Lipinski definition) is 0. The van der Waals surface area contributed by atoms with Crippen LogP contribution in [0.5, 0.6) is 0 Å². The number of carbonyl (C=O) groups is 2. The van der Waals surface area contributed by atoms with E-state index in [9.17, 15) is 9.59 Å². The molecule has 5 nitrogen and oxygen atoms in total. The van der Waals surface area contributed by atoms with Gasteiger partial charge < -0.3 is 4.74 Å². The number of carbonyl (C=O) groups excluding carboxylic acids is 2. The summed E-state index contributed by atoms with van der Waals surface area (Å²) >= 11 is 0. The van der Waals surface area contributed by atoms with Crippen LogP contribution in [-0.2, 0) is 9.57 Å². The van der Waals surface area contributed by atoms with Gasteiger partial charge in [-0.25, -0.2) is 0 Å². The van der Waals surface area contributed by atoms with Gasteiger partial charge in [-0.2, -0.15) is 0 Å². The third-order valence-corrected chi connectivity index (χ3v) is 2.55. The summed E-state index contributed by atoms with van der Waals surface area (Å²) in [7, 11) is 0. The smallest absolute Gasteiger partial charge is 0.285 e. The van der Waals surface area contributed by atoms with Crippen LogP contribution >= 0.6 is 0 Å². The fourth-order valence-corrected chi connectivity index (χ4v) is 1.61. The second kappa shape index (κ2) is 3.40. The van der Waals surface area contributed by atoms with Crippen molar-refractivity contribution in [3.05, 3.63) is 35.4 Å². The van der Waals surface area contributed by atoms with E-state index in [2.05, 4.69) is 0 Å². The molecule has 2 aliphatic heterocycles. The number of epoxide rings is 1. The van der Waals surface area contributed by atoms with E-state index in [1.54, 1.807) is 24.3 Å². The van der Waals surface area contributed by atoms with Crippen molar-refractivity contribution < 1.29 is 19.2 Å². The lowest BCUT2D eigenvalue weighted by atomic mass is 10.1. The van der Waals surface area contributed by atoms with Crippen LogP contribution in [0, 0.1) is 0 Å². The average molecular weight is 219 g/mol. The van der Waals surface area contributed by atoms with Gasteiger partial charge in [-0.15, -0.1) is 5.06 Å². The molecule has 0 radical (unpaired) electrons. The van der Waals surface area contributed by atoms with Crippen LogP contribution < -0.4 is 0 Å². The van der Waals surface area contributed by atoms with Crippen LogP contribution in [-0.4, -0.2) is 36.2 Å². The highest BCUT2D eigenvalue weighted by atomic mass is 16.7. The molecule has 0 aliphatic carbocycles. The minimum atomic E-state index is -0.402. The summed E-state index contributed by atoms with van der Waals surface area (Å²) in [6.07, 6.45) is 0.0179. The third-order valence-electron chi connectivity index (χ3n) is 2.55. The molecule has 1 unspecified atom stereocenters. The van der Waals surface area contributed by atoms with Crippen molar-refractivity contribution in [1.29, 1.82) is 0 Å². The third kappa shape index (κ3) is 1.41. The van der Waals surface area contributed by atoms with E-state index in [1.807, 2.05) is 0 Å². The van der Waals surface area contributed by atoms with Crippen molar-refractivity contribution in [2.45, 2.75) is 6.10 Å². The largest absolute Gasteiger partial charge is 0.371 e. The Kier molecular flexibility index (Phi) is 2.02. The monoisotopic (exact) mass is 219 g/mol. The molecular weight excluding hydrogens is 210 g/mol. The van der Waals surface area contributed by atoms with Crippen LogP contribution in [0.2, 0.25) is 0 Å². The van der Waals surface area contributed by atoms with Crippen LogP contribution in [0.15, 0.2) is 24.3 Å². The van der Waals surface area contributed by atoms with E-state index in [0.717, 1.165) is 5.06 Å². The second-order valence-electron chi connectivity index (χ2n) is 3.70. The quantitative estimate of drug-likeness (QED) is 0.552. The Bertz CT molecular complexity index is 432. The van der Waals surface area contributed by atoms with E-state index >= 15 is 0 Å². The molecule has 0 N–H and O–H groups in total. The number of rotatable bonds is 3. The molecule has 5 heteroatoms. The van der Waals surface area contributed by atoms with Gasteiger partial charge >= 0.3 is 0 Å². The number of hydrogen-bond acceptors (Lipinski definition) is 4. The molecule has 0 spiro atoms. The first-order chi connectivity index (χ1) is 7.77. The van der Waals surface area contributed by atoms with Gasteiger partial charge in [0.05, 0.1) is 17.7 Å². The summed E-state index contributed by atoms with van der Waals surface area (Å²) in [4.78, 5) is 28.7. The van der Waals surface area contributed by atoms with Crippen molar-refractivity contribution >= 4 is 11.8 Å². The van der Waals surface area contributed by atoms with Gasteiger partial charge in [0, 0.05) is 0 Å². The minimum Gasteiger partial charge on any atom is -0.371 e. The van der Waals surface area contributed by atoms with Gasteiger partial charge in [-0.05, 0) is 12.1 Å². The zero-order valence-electron chi connectivity index (χ0n) is 8.38. The van der Waals surface area contributed by atoms with E-state index in [1.165, 1.54) is 0 Å². The maximum absolute atomic E-state index is 11.8. The summed E-state index contributed by atoms with van der Waals surface area (Å²) in [6.45, 7) is 0.870. The molecule has 1 fully saturated rings. The van der Waals surface area contributed by atoms with Gasteiger partial charge in [0.15, 0.2) is 0 Å². The Morgan fingerprint density at radius 2 is 1.81 bits per heavy atom. The highest BCUT2D eigenvalue weighted by molar-refractivity contribution is 6.20. The number of imide groups is 1. The SMILES string of the molecule is O=C1c2ccccc2C(=O)N1OCC1CO1. The first-order valence-electron chi connectivity index (χ1n) is 4.99. The maximum atomic E-state index is 11.8. The topological polar surface area (TPSA) is 59.1 Å². The van der Waals surface area contributed by atoms with E-state index in [-0.39, 0.29) is 12.7 Å². The zero-order chi connectivity index (χ0) is 11.1. The maximum Gasteiger partial charge on any atom is 0.285 e. The Hall–Kier alpha value is -1.72. The fourth-order valence-electron chi connectivity index (χ4n) is 1.61. The van der Waals surface area contributed by atoms with Crippen LogP contribution in [0.25, 0.3) is 0 Å². The molecular formula is C11H9NO4. The first-order valence-corrected chi connectivity index (χ1v) is 4.99. The Morgan fingerprint density at radius 3 is 2.31 bits per heavy atom. The summed E-state index contributed by atoms with van der Waals surface area (Å²) < 4.78 is 4.94. The second-order valence-corrected chi connectivity index (χ2v) is 3.70. The molecule has 0 saturated carbocycles. The molecule has 0 aromatic heterocycles. The molecule has 1 saturated heterocycles. The van der Waals surface area contributed by atoms with Crippen molar-refractivity contribution in [2.75, 3.05) is 13.2 Å². The molecule has 16 heavy (non-hydrogen) atoms. The van der Waals surface area contributed by atoms with Crippen LogP contribution in [0.3, 0.4) is 0 Å². The predicted octanol–water partition coefficient (Wildman–Crippen LogP) is 0.613. The van der Waals surface area contributed by atoms with Gasteiger partial charge in [0.25, 0.3) is 11.8 Å². The summed E-state index contributed by atoms with van der Waals surface area (Å²) in [6, 6.07) is 6.67. The zero-order valence-corrected chi connectivity index (χ0v) is 8.38. The summed E-state index contributed by atoms with van der Waals surface area (Å²) in [5.41, 5.74) is 0.786. The molecule has 1 aromatic rings. The normalized spacial score (nSPS) is 22.5. The molecule has 82 valence electrons. The van der Waals surface area contributed by atoms with E-state index < -0.39 is 11.8 Å². The van der Waals surface area contributed by atoms with Crippen molar-refractivity contribution in [3.8, 4) is 0 Å². The fraction of sp³-hybridized carbons (Fsp3) is 0.273. The summed E-state index contributed by atoms with van der Waals surface area (Å²) in [5.74, 6) is -0.803. The van der Waals surface area contributed by atoms with E-state index in [0.29, 0.717) is 17.7 Å². The first kappa shape index (κ1) is 9.50. The van der Waals surface area contributed by atoms with Crippen LogP contribution in [0.4, 0.5) is 0 Å². The number of benzene rings is 1. The molecule has 3 rings (SSSR count). The average Bonchev–Trinajstić information content (AvgIpc) is 3.09. The molecule has 2 aliphatic rings. The van der Waals surface area contributed by atoms with Gasteiger partial charge in [-0.1, -0.05) is 12.1 Å². The number of nitrogens with zero attached hydrogens (tertiary/aromatic N) is 1. The lowest BCUT2D eigenvalue weighted by molar-refractivity contribution is -0.0950. The predicted molar refractivity (Wildman–Crippen MR) is 52.6 cm³/mol.